The lowest BCUT2D eigenvalue weighted by atomic mass is 10.1. The highest BCUT2D eigenvalue weighted by Gasteiger charge is 2.31. The Morgan fingerprint density at radius 3 is 2.54 bits per heavy atom. The molecular formula is C13H10ClF3N4O2S. The molecule has 0 aliphatic carbocycles. The molecule has 0 aliphatic rings. The van der Waals surface area contributed by atoms with Gasteiger partial charge in [0, 0.05) is 6.07 Å². The van der Waals surface area contributed by atoms with Crippen LogP contribution in [0.3, 0.4) is 0 Å². The fourth-order valence-electron chi connectivity index (χ4n) is 1.74. The number of halogens is 4. The van der Waals surface area contributed by atoms with E-state index in [1.165, 1.54) is 17.8 Å². The standard InChI is InChI=1S/C13H10ClF3N4O2S/c1-24-11-20-9(14)5-10(21-11)18-8-4-6(13(15,16)17)2-3-7(8)19-12(22)23/h2-5,19H,1H3,(H,22,23)(H,18,20,21). The largest absolute Gasteiger partial charge is 0.465 e. The molecule has 0 saturated carbocycles. The van der Waals surface area contributed by atoms with Gasteiger partial charge < -0.3 is 10.4 Å². The van der Waals surface area contributed by atoms with Crippen LogP contribution in [-0.2, 0) is 6.18 Å². The van der Waals surface area contributed by atoms with E-state index in [1.54, 1.807) is 6.26 Å². The van der Waals surface area contributed by atoms with Crippen LogP contribution in [0.25, 0.3) is 0 Å². The third-order valence-corrected chi connectivity index (χ3v) is 3.45. The average molecular weight is 379 g/mol. The lowest BCUT2D eigenvalue weighted by Gasteiger charge is -2.15. The number of alkyl halides is 3. The van der Waals surface area contributed by atoms with Crippen molar-refractivity contribution < 1.29 is 23.1 Å². The van der Waals surface area contributed by atoms with E-state index in [9.17, 15) is 18.0 Å². The highest BCUT2D eigenvalue weighted by Crippen LogP contribution is 2.35. The molecule has 0 saturated heterocycles. The van der Waals surface area contributed by atoms with Crippen molar-refractivity contribution in [3.63, 3.8) is 0 Å². The summed E-state index contributed by atoms with van der Waals surface area (Å²) in [7, 11) is 0. The zero-order valence-electron chi connectivity index (χ0n) is 12.0. The van der Waals surface area contributed by atoms with Crippen LogP contribution in [-0.4, -0.2) is 27.4 Å². The van der Waals surface area contributed by atoms with Crippen molar-refractivity contribution in [2.75, 3.05) is 16.9 Å². The molecule has 1 aromatic heterocycles. The van der Waals surface area contributed by atoms with Crippen molar-refractivity contribution in [1.82, 2.24) is 9.97 Å². The minimum Gasteiger partial charge on any atom is -0.465 e. The van der Waals surface area contributed by atoms with Crippen molar-refractivity contribution in [2.24, 2.45) is 0 Å². The Morgan fingerprint density at radius 1 is 1.25 bits per heavy atom. The molecule has 2 rings (SSSR count). The zero-order chi connectivity index (χ0) is 17.9. The lowest BCUT2D eigenvalue weighted by Crippen LogP contribution is -2.12. The first-order valence-electron chi connectivity index (χ1n) is 6.26. The van der Waals surface area contributed by atoms with Gasteiger partial charge in [0.2, 0.25) is 0 Å². The van der Waals surface area contributed by atoms with Crippen molar-refractivity contribution in [2.45, 2.75) is 11.3 Å². The normalized spacial score (nSPS) is 11.2. The van der Waals surface area contributed by atoms with Crippen LogP contribution >= 0.6 is 23.4 Å². The number of aromatic nitrogens is 2. The Bertz CT molecular complexity index is 773. The molecular weight excluding hydrogens is 369 g/mol. The monoisotopic (exact) mass is 378 g/mol. The van der Waals surface area contributed by atoms with Crippen LogP contribution in [0.2, 0.25) is 5.15 Å². The molecule has 0 atom stereocenters. The number of hydrogen-bond donors (Lipinski definition) is 3. The summed E-state index contributed by atoms with van der Waals surface area (Å²) >= 11 is 7.02. The predicted molar refractivity (Wildman–Crippen MR) is 85.2 cm³/mol. The number of nitrogens with zero attached hydrogens (tertiary/aromatic N) is 2. The number of thioether (sulfide) groups is 1. The van der Waals surface area contributed by atoms with E-state index in [0.717, 1.165) is 18.2 Å². The van der Waals surface area contributed by atoms with Crippen molar-refractivity contribution in [3.05, 3.63) is 35.0 Å². The van der Waals surface area contributed by atoms with Crippen LogP contribution < -0.4 is 10.6 Å². The Hall–Kier alpha value is -2.20. The molecule has 24 heavy (non-hydrogen) atoms. The molecule has 6 nitrogen and oxygen atoms in total. The minimum atomic E-state index is -4.58. The molecule has 0 fully saturated rings. The van der Waals surface area contributed by atoms with Gasteiger partial charge >= 0.3 is 12.3 Å². The summed E-state index contributed by atoms with van der Waals surface area (Å²) in [5.41, 5.74) is -1.11. The number of carbonyl (C=O) groups is 1. The summed E-state index contributed by atoms with van der Waals surface area (Å²) in [6.45, 7) is 0. The summed E-state index contributed by atoms with van der Waals surface area (Å²) in [5.74, 6) is 0.132. The predicted octanol–water partition coefficient (Wildman–Crippen LogP) is 4.70. The van der Waals surface area contributed by atoms with E-state index >= 15 is 0 Å². The molecule has 128 valence electrons. The molecule has 0 unspecified atom stereocenters. The Labute approximate surface area is 143 Å². The summed E-state index contributed by atoms with van der Waals surface area (Å²) < 4.78 is 38.6. The molecule has 1 amide bonds. The molecule has 3 N–H and O–H groups in total. The average Bonchev–Trinajstić information content (AvgIpc) is 2.46. The second-order valence-electron chi connectivity index (χ2n) is 4.38. The highest BCUT2D eigenvalue weighted by molar-refractivity contribution is 7.98. The molecule has 11 heteroatoms. The lowest BCUT2D eigenvalue weighted by molar-refractivity contribution is -0.137. The number of amides is 1. The number of carboxylic acid groups (broad SMARTS) is 1. The van der Waals surface area contributed by atoms with Gasteiger partial charge in [-0.1, -0.05) is 23.4 Å². The molecule has 0 bridgehead atoms. The number of hydrogen-bond acceptors (Lipinski definition) is 5. The quantitative estimate of drug-likeness (QED) is 0.406. The van der Waals surface area contributed by atoms with E-state index in [-0.39, 0.29) is 22.3 Å². The van der Waals surface area contributed by atoms with Crippen molar-refractivity contribution >= 4 is 46.6 Å². The van der Waals surface area contributed by atoms with Gasteiger partial charge in [0.05, 0.1) is 16.9 Å². The number of nitrogens with one attached hydrogen (secondary N) is 2. The van der Waals surface area contributed by atoms with Gasteiger partial charge in [0.25, 0.3) is 0 Å². The van der Waals surface area contributed by atoms with Crippen LogP contribution in [0, 0.1) is 0 Å². The third kappa shape index (κ3) is 4.65. The van der Waals surface area contributed by atoms with Crippen LogP contribution in [0.1, 0.15) is 5.56 Å². The van der Waals surface area contributed by atoms with E-state index < -0.39 is 17.8 Å². The molecule has 1 heterocycles. The third-order valence-electron chi connectivity index (χ3n) is 2.71. The van der Waals surface area contributed by atoms with Crippen LogP contribution in [0.15, 0.2) is 29.4 Å². The second kappa shape index (κ2) is 7.14. The van der Waals surface area contributed by atoms with Gasteiger partial charge in [-0.15, -0.1) is 0 Å². The SMILES string of the molecule is CSc1nc(Cl)cc(Nc2cc(C(F)(F)F)ccc2NC(=O)O)n1. The van der Waals surface area contributed by atoms with Crippen LogP contribution in [0.4, 0.5) is 35.2 Å². The molecule has 2 aromatic rings. The Balaban J connectivity index is 2.45. The second-order valence-corrected chi connectivity index (χ2v) is 5.54. The van der Waals surface area contributed by atoms with Crippen molar-refractivity contribution in [3.8, 4) is 0 Å². The van der Waals surface area contributed by atoms with E-state index in [1.807, 2.05) is 5.32 Å². The van der Waals surface area contributed by atoms with Gasteiger partial charge in [0.15, 0.2) is 5.16 Å². The molecule has 1 aromatic carbocycles. The first-order chi connectivity index (χ1) is 11.2. The first-order valence-corrected chi connectivity index (χ1v) is 7.86. The number of benzene rings is 1. The Morgan fingerprint density at radius 2 is 1.96 bits per heavy atom. The minimum absolute atomic E-state index is 0.0593. The summed E-state index contributed by atoms with van der Waals surface area (Å²) in [6.07, 6.45) is -4.29. The van der Waals surface area contributed by atoms with Gasteiger partial charge in [0.1, 0.15) is 11.0 Å². The number of rotatable bonds is 4. The zero-order valence-corrected chi connectivity index (χ0v) is 13.6. The first kappa shape index (κ1) is 18.1. The fraction of sp³-hybridized carbons (Fsp3) is 0.154. The summed E-state index contributed by atoms with van der Waals surface area (Å²) in [4.78, 5) is 18.8. The maximum Gasteiger partial charge on any atom is 0.416 e. The van der Waals surface area contributed by atoms with E-state index in [0.29, 0.717) is 5.16 Å². The molecule has 0 radical (unpaired) electrons. The van der Waals surface area contributed by atoms with Gasteiger partial charge in [-0.25, -0.2) is 14.8 Å². The van der Waals surface area contributed by atoms with Gasteiger partial charge in [-0.2, -0.15) is 13.2 Å². The summed E-state index contributed by atoms with van der Waals surface area (Å²) in [5, 5.41) is 13.9. The maximum atomic E-state index is 12.9. The smallest absolute Gasteiger partial charge is 0.416 e. The topological polar surface area (TPSA) is 87.1 Å². The highest BCUT2D eigenvalue weighted by atomic mass is 35.5. The van der Waals surface area contributed by atoms with Gasteiger partial charge in [-0.05, 0) is 24.5 Å². The van der Waals surface area contributed by atoms with Gasteiger partial charge in [-0.3, -0.25) is 5.32 Å². The molecule has 0 spiro atoms. The number of anilines is 3. The maximum absolute atomic E-state index is 12.9. The summed E-state index contributed by atoms with van der Waals surface area (Å²) in [6, 6.07) is 3.88. The Kier molecular flexibility index (Phi) is 5.40. The fourth-order valence-corrected chi connectivity index (χ4v) is 2.35. The molecule has 0 aliphatic heterocycles. The van der Waals surface area contributed by atoms with E-state index in [2.05, 4.69) is 15.3 Å². The van der Waals surface area contributed by atoms with Crippen molar-refractivity contribution in [1.29, 1.82) is 0 Å². The van der Waals surface area contributed by atoms with E-state index in [4.69, 9.17) is 16.7 Å². The van der Waals surface area contributed by atoms with Crippen LogP contribution in [0.5, 0.6) is 0 Å².